The molecule has 0 bridgehead atoms. The third kappa shape index (κ3) is 4.72. The molecular formula is C16H21N3O2. The van der Waals surface area contributed by atoms with Gasteiger partial charge in [-0.2, -0.15) is 0 Å². The summed E-state index contributed by atoms with van der Waals surface area (Å²) in [6.45, 7) is 5.09. The Kier molecular flexibility index (Phi) is 5.11. The van der Waals surface area contributed by atoms with E-state index >= 15 is 0 Å². The van der Waals surface area contributed by atoms with Gasteiger partial charge in [0, 0.05) is 25.2 Å². The summed E-state index contributed by atoms with van der Waals surface area (Å²) in [5.41, 5.74) is 2.98. The Balaban J connectivity index is 1.89. The van der Waals surface area contributed by atoms with Gasteiger partial charge in [-0.1, -0.05) is 24.2 Å². The standard InChI is InChI=1S/C16H21N3O2/c1-4-14-9-16(21-18-14)11-19(3)10-13-5-7-15(8-6-13)17-12(2)20/h5-9H,4,10-11H2,1-3H3,(H,17,20). The molecule has 1 aromatic heterocycles. The number of amides is 1. The van der Waals surface area contributed by atoms with Crippen molar-refractivity contribution in [1.29, 1.82) is 0 Å². The Morgan fingerprint density at radius 2 is 2.00 bits per heavy atom. The molecule has 112 valence electrons. The van der Waals surface area contributed by atoms with Crippen molar-refractivity contribution in [2.45, 2.75) is 33.4 Å². The molecule has 0 unspecified atom stereocenters. The number of nitrogens with one attached hydrogen (secondary N) is 1. The highest BCUT2D eigenvalue weighted by Crippen LogP contribution is 2.13. The van der Waals surface area contributed by atoms with Crippen LogP contribution >= 0.6 is 0 Å². The van der Waals surface area contributed by atoms with E-state index in [0.29, 0.717) is 0 Å². The maximum Gasteiger partial charge on any atom is 0.221 e. The molecule has 1 heterocycles. The minimum absolute atomic E-state index is 0.0584. The largest absolute Gasteiger partial charge is 0.360 e. The van der Waals surface area contributed by atoms with Crippen LogP contribution < -0.4 is 5.32 Å². The van der Waals surface area contributed by atoms with Gasteiger partial charge in [-0.15, -0.1) is 0 Å². The van der Waals surface area contributed by atoms with Crippen LogP contribution in [0.1, 0.15) is 30.9 Å². The number of hydrogen-bond donors (Lipinski definition) is 1. The quantitative estimate of drug-likeness (QED) is 0.887. The lowest BCUT2D eigenvalue weighted by Crippen LogP contribution is -2.16. The lowest BCUT2D eigenvalue weighted by molar-refractivity contribution is -0.114. The van der Waals surface area contributed by atoms with Crippen LogP contribution in [0.4, 0.5) is 5.69 Å². The molecule has 0 aliphatic rings. The van der Waals surface area contributed by atoms with Gasteiger partial charge in [0.2, 0.25) is 5.91 Å². The topological polar surface area (TPSA) is 58.4 Å². The monoisotopic (exact) mass is 287 g/mol. The number of aromatic nitrogens is 1. The predicted octanol–water partition coefficient (Wildman–Crippen LogP) is 2.83. The summed E-state index contributed by atoms with van der Waals surface area (Å²) in [5.74, 6) is 0.820. The SMILES string of the molecule is CCc1cc(CN(C)Cc2ccc(NC(C)=O)cc2)on1. The van der Waals surface area contributed by atoms with Gasteiger partial charge in [-0.25, -0.2) is 0 Å². The molecular weight excluding hydrogens is 266 g/mol. The molecule has 5 nitrogen and oxygen atoms in total. The number of rotatable bonds is 6. The number of anilines is 1. The van der Waals surface area contributed by atoms with Crippen LogP contribution in [0.25, 0.3) is 0 Å². The number of aryl methyl sites for hydroxylation is 1. The van der Waals surface area contributed by atoms with Crippen LogP contribution in [-0.4, -0.2) is 23.0 Å². The van der Waals surface area contributed by atoms with E-state index < -0.39 is 0 Å². The number of benzene rings is 1. The van der Waals surface area contributed by atoms with Gasteiger partial charge in [0.15, 0.2) is 5.76 Å². The second kappa shape index (κ2) is 7.04. The average Bonchev–Trinajstić information content (AvgIpc) is 2.88. The zero-order valence-corrected chi connectivity index (χ0v) is 12.7. The number of hydrogen-bond acceptors (Lipinski definition) is 4. The Hall–Kier alpha value is -2.14. The first-order valence-corrected chi connectivity index (χ1v) is 7.06. The molecule has 1 aromatic carbocycles. The van der Waals surface area contributed by atoms with E-state index in [0.717, 1.165) is 36.7 Å². The lowest BCUT2D eigenvalue weighted by Gasteiger charge is -2.15. The summed E-state index contributed by atoms with van der Waals surface area (Å²) >= 11 is 0. The van der Waals surface area contributed by atoms with E-state index in [1.165, 1.54) is 12.5 Å². The molecule has 0 atom stereocenters. The average molecular weight is 287 g/mol. The number of carbonyl (C=O) groups excluding carboxylic acids is 1. The van der Waals surface area contributed by atoms with Crippen molar-refractivity contribution in [3.63, 3.8) is 0 Å². The van der Waals surface area contributed by atoms with Crippen molar-refractivity contribution in [3.05, 3.63) is 47.3 Å². The Labute approximate surface area is 124 Å². The second-order valence-electron chi connectivity index (χ2n) is 5.19. The Bertz CT molecular complexity index is 590. The number of carbonyl (C=O) groups is 1. The maximum absolute atomic E-state index is 11.0. The molecule has 21 heavy (non-hydrogen) atoms. The van der Waals surface area contributed by atoms with Crippen LogP contribution in [0.3, 0.4) is 0 Å². The molecule has 0 aliphatic carbocycles. The third-order valence-electron chi connectivity index (χ3n) is 3.12. The summed E-state index contributed by atoms with van der Waals surface area (Å²) in [5, 5.41) is 6.75. The molecule has 0 saturated carbocycles. The van der Waals surface area contributed by atoms with E-state index in [-0.39, 0.29) is 5.91 Å². The van der Waals surface area contributed by atoms with E-state index in [4.69, 9.17) is 4.52 Å². The van der Waals surface area contributed by atoms with Crippen LogP contribution in [-0.2, 0) is 24.3 Å². The molecule has 5 heteroatoms. The number of nitrogens with zero attached hydrogens (tertiary/aromatic N) is 2. The first-order valence-electron chi connectivity index (χ1n) is 7.06. The van der Waals surface area contributed by atoms with Crippen LogP contribution in [0, 0.1) is 0 Å². The molecule has 2 rings (SSSR count). The van der Waals surface area contributed by atoms with Gasteiger partial charge in [0.1, 0.15) is 0 Å². The summed E-state index contributed by atoms with van der Waals surface area (Å²) in [6, 6.07) is 9.85. The first kappa shape index (κ1) is 15.3. The van der Waals surface area contributed by atoms with Gasteiger partial charge < -0.3 is 9.84 Å². The maximum atomic E-state index is 11.0. The molecule has 1 N–H and O–H groups in total. The molecule has 0 aliphatic heterocycles. The van der Waals surface area contributed by atoms with E-state index in [2.05, 4.69) is 22.3 Å². The zero-order valence-electron chi connectivity index (χ0n) is 12.7. The molecule has 0 saturated heterocycles. The molecule has 1 amide bonds. The molecule has 0 spiro atoms. The van der Waals surface area contributed by atoms with Gasteiger partial charge >= 0.3 is 0 Å². The molecule has 2 aromatic rings. The van der Waals surface area contributed by atoms with Gasteiger partial charge in [-0.05, 0) is 31.2 Å². The van der Waals surface area contributed by atoms with Gasteiger partial charge in [0.25, 0.3) is 0 Å². The first-order chi connectivity index (χ1) is 10.1. The second-order valence-corrected chi connectivity index (χ2v) is 5.19. The van der Waals surface area contributed by atoms with Gasteiger partial charge in [-0.3, -0.25) is 9.69 Å². The predicted molar refractivity (Wildman–Crippen MR) is 81.8 cm³/mol. The van der Waals surface area contributed by atoms with Crippen molar-refractivity contribution < 1.29 is 9.32 Å². The van der Waals surface area contributed by atoms with Crippen LogP contribution in [0.2, 0.25) is 0 Å². The van der Waals surface area contributed by atoms with Crippen molar-refractivity contribution in [3.8, 4) is 0 Å². The fourth-order valence-electron chi connectivity index (χ4n) is 2.13. The summed E-state index contributed by atoms with van der Waals surface area (Å²) in [4.78, 5) is 13.1. The van der Waals surface area contributed by atoms with Crippen molar-refractivity contribution in [2.75, 3.05) is 12.4 Å². The van der Waals surface area contributed by atoms with Crippen LogP contribution in [0.15, 0.2) is 34.9 Å². The third-order valence-corrected chi connectivity index (χ3v) is 3.12. The van der Waals surface area contributed by atoms with E-state index in [9.17, 15) is 4.79 Å². The summed E-state index contributed by atoms with van der Waals surface area (Å²) in [7, 11) is 2.04. The highest BCUT2D eigenvalue weighted by molar-refractivity contribution is 5.88. The fraction of sp³-hybridized carbons (Fsp3) is 0.375. The van der Waals surface area contributed by atoms with Crippen molar-refractivity contribution in [1.82, 2.24) is 10.1 Å². The van der Waals surface area contributed by atoms with E-state index in [1.807, 2.05) is 37.4 Å². The summed E-state index contributed by atoms with van der Waals surface area (Å²) < 4.78 is 5.29. The fourth-order valence-corrected chi connectivity index (χ4v) is 2.13. The highest BCUT2D eigenvalue weighted by Gasteiger charge is 2.07. The Morgan fingerprint density at radius 3 is 2.57 bits per heavy atom. The minimum Gasteiger partial charge on any atom is -0.360 e. The Morgan fingerprint density at radius 1 is 1.29 bits per heavy atom. The van der Waals surface area contributed by atoms with Crippen molar-refractivity contribution >= 4 is 11.6 Å². The smallest absolute Gasteiger partial charge is 0.221 e. The minimum atomic E-state index is -0.0584. The normalized spacial score (nSPS) is 10.9. The highest BCUT2D eigenvalue weighted by atomic mass is 16.5. The van der Waals surface area contributed by atoms with Crippen LogP contribution in [0.5, 0.6) is 0 Å². The summed E-state index contributed by atoms with van der Waals surface area (Å²) in [6.07, 6.45) is 0.887. The lowest BCUT2D eigenvalue weighted by atomic mass is 10.2. The van der Waals surface area contributed by atoms with E-state index in [1.54, 1.807) is 0 Å². The zero-order chi connectivity index (χ0) is 15.2. The van der Waals surface area contributed by atoms with Gasteiger partial charge in [0.05, 0.1) is 12.2 Å². The van der Waals surface area contributed by atoms with Crippen molar-refractivity contribution in [2.24, 2.45) is 0 Å². The molecule has 0 fully saturated rings. The molecule has 0 radical (unpaired) electrons.